The molecule has 1 heterocycles. The molecule has 8 heteroatoms. The number of benzene rings is 1. The molecule has 2 N–H and O–H groups in total. The molecule has 0 unspecified atom stereocenters. The Balaban J connectivity index is 0.00000312. The SMILES string of the molecule is CCNC(=NCCCn1ccnc1)NCCSc1ccc(Cl)cc1.I. The highest BCUT2D eigenvalue weighted by atomic mass is 127. The van der Waals surface area contributed by atoms with E-state index >= 15 is 0 Å². The van der Waals surface area contributed by atoms with Crippen LogP contribution in [0.2, 0.25) is 5.02 Å². The Morgan fingerprint density at radius 3 is 2.76 bits per heavy atom. The number of rotatable bonds is 9. The maximum atomic E-state index is 5.89. The van der Waals surface area contributed by atoms with Gasteiger partial charge in [-0.2, -0.15) is 0 Å². The summed E-state index contributed by atoms with van der Waals surface area (Å²) in [6, 6.07) is 7.93. The average molecular weight is 494 g/mol. The first kappa shape index (κ1) is 22.1. The lowest BCUT2D eigenvalue weighted by Gasteiger charge is -2.11. The summed E-state index contributed by atoms with van der Waals surface area (Å²) in [5, 5.41) is 7.42. The molecule has 1 aromatic heterocycles. The monoisotopic (exact) mass is 493 g/mol. The van der Waals surface area contributed by atoms with Crippen LogP contribution >= 0.6 is 47.3 Å². The molecule has 0 spiro atoms. The molecule has 2 aromatic rings. The van der Waals surface area contributed by atoms with Crippen LogP contribution in [-0.4, -0.2) is 40.9 Å². The zero-order chi connectivity index (χ0) is 17.0. The highest BCUT2D eigenvalue weighted by Gasteiger charge is 1.98. The van der Waals surface area contributed by atoms with E-state index in [4.69, 9.17) is 11.6 Å². The van der Waals surface area contributed by atoms with E-state index in [1.165, 1.54) is 4.90 Å². The van der Waals surface area contributed by atoms with Crippen LogP contribution in [0.4, 0.5) is 0 Å². The number of imidazole rings is 1. The molecule has 0 amide bonds. The molecule has 138 valence electrons. The lowest BCUT2D eigenvalue weighted by atomic mass is 10.4. The third-order valence-electron chi connectivity index (χ3n) is 3.22. The molecule has 1 aromatic carbocycles. The van der Waals surface area contributed by atoms with E-state index in [0.29, 0.717) is 0 Å². The number of aliphatic imine (C=N–C) groups is 1. The van der Waals surface area contributed by atoms with Crippen molar-refractivity contribution in [2.75, 3.05) is 25.4 Å². The van der Waals surface area contributed by atoms with Crippen LogP contribution in [-0.2, 0) is 6.54 Å². The molecule has 25 heavy (non-hydrogen) atoms. The smallest absolute Gasteiger partial charge is 0.191 e. The van der Waals surface area contributed by atoms with Gasteiger partial charge in [0.25, 0.3) is 0 Å². The van der Waals surface area contributed by atoms with Crippen LogP contribution in [0.15, 0.2) is 52.9 Å². The van der Waals surface area contributed by atoms with Crippen LogP contribution < -0.4 is 10.6 Å². The summed E-state index contributed by atoms with van der Waals surface area (Å²) in [6.07, 6.45) is 6.60. The molecular weight excluding hydrogens is 469 g/mol. The maximum absolute atomic E-state index is 5.89. The van der Waals surface area contributed by atoms with E-state index in [1.54, 1.807) is 18.0 Å². The quantitative estimate of drug-likeness (QED) is 0.183. The van der Waals surface area contributed by atoms with Gasteiger partial charge in [-0.3, -0.25) is 4.99 Å². The van der Waals surface area contributed by atoms with Crippen LogP contribution in [0.3, 0.4) is 0 Å². The van der Waals surface area contributed by atoms with Crippen molar-refractivity contribution in [1.29, 1.82) is 0 Å². The Kier molecular flexibility index (Phi) is 11.8. The number of thioether (sulfide) groups is 1. The Morgan fingerprint density at radius 2 is 2.08 bits per heavy atom. The van der Waals surface area contributed by atoms with Crippen molar-refractivity contribution in [3.05, 3.63) is 48.0 Å². The second kappa shape index (κ2) is 13.3. The number of halogens is 2. The molecule has 0 bridgehead atoms. The fraction of sp³-hybridized carbons (Fsp3) is 0.412. The van der Waals surface area contributed by atoms with Gasteiger partial charge in [0.05, 0.1) is 6.33 Å². The number of nitrogens with one attached hydrogen (secondary N) is 2. The molecule has 0 aliphatic carbocycles. The van der Waals surface area contributed by atoms with Crippen LogP contribution in [0, 0.1) is 0 Å². The van der Waals surface area contributed by atoms with Crippen molar-refractivity contribution in [3.63, 3.8) is 0 Å². The van der Waals surface area contributed by atoms with E-state index in [1.807, 2.05) is 36.8 Å². The fourth-order valence-corrected chi connectivity index (χ4v) is 2.97. The van der Waals surface area contributed by atoms with Gasteiger partial charge in [0.2, 0.25) is 0 Å². The third kappa shape index (κ3) is 9.37. The van der Waals surface area contributed by atoms with Gasteiger partial charge in [-0.1, -0.05) is 11.6 Å². The molecule has 0 saturated heterocycles. The van der Waals surface area contributed by atoms with Gasteiger partial charge in [-0.05, 0) is 37.6 Å². The summed E-state index contributed by atoms with van der Waals surface area (Å²) in [5.74, 6) is 1.85. The summed E-state index contributed by atoms with van der Waals surface area (Å²) >= 11 is 7.69. The second-order valence-corrected chi connectivity index (χ2v) is 6.75. The first-order valence-electron chi connectivity index (χ1n) is 8.14. The van der Waals surface area contributed by atoms with Gasteiger partial charge in [0, 0.05) is 54.2 Å². The number of aromatic nitrogens is 2. The standard InChI is InChI=1S/C17H24ClN5S.HI/c1-2-20-17(21-8-3-11-23-12-9-19-14-23)22-10-13-24-16-6-4-15(18)5-7-16;/h4-7,9,12,14H,2-3,8,10-11,13H2,1H3,(H2,20,21,22);1H. The van der Waals surface area contributed by atoms with E-state index in [2.05, 4.69) is 32.1 Å². The van der Waals surface area contributed by atoms with Gasteiger partial charge >= 0.3 is 0 Å². The molecule has 0 atom stereocenters. The lowest BCUT2D eigenvalue weighted by Crippen LogP contribution is -2.38. The second-order valence-electron chi connectivity index (χ2n) is 5.14. The van der Waals surface area contributed by atoms with Crippen molar-refractivity contribution < 1.29 is 0 Å². The highest BCUT2D eigenvalue weighted by molar-refractivity contribution is 14.0. The summed E-state index contributed by atoms with van der Waals surface area (Å²) in [6.45, 7) is 5.52. The van der Waals surface area contributed by atoms with Gasteiger partial charge in [0.15, 0.2) is 5.96 Å². The van der Waals surface area contributed by atoms with Crippen molar-refractivity contribution in [3.8, 4) is 0 Å². The van der Waals surface area contributed by atoms with Crippen molar-refractivity contribution in [1.82, 2.24) is 20.2 Å². The normalized spacial score (nSPS) is 11.0. The zero-order valence-electron chi connectivity index (χ0n) is 14.3. The molecule has 0 aliphatic rings. The molecular formula is C17H25ClIN5S. The third-order valence-corrected chi connectivity index (χ3v) is 4.49. The minimum Gasteiger partial charge on any atom is -0.357 e. The summed E-state index contributed by atoms with van der Waals surface area (Å²) in [5.41, 5.74) is 0. The van der Waals surface area contributed by atoms with E-state index in [0.717, 1.165) is 49.3 Å². The van der Waals surface area contributed by atoms with E-state index in [-0.39, 0.29) is 24.0 Å². The van der Waals surface area contributed by atoms with Crippen LogP contribution in [0.25, 0.3) is 0 Å². The number of guanidine groups is 1. The minimum atomic E-state index is 0. The van der Waals surface area contributed by atoms with Crippen LogP contribution in [0.5, 0.6) is 0 Å². The summed E-state index contributed by atoms with van der Waals surface area (Å²) in [7, 11) is 0. The minimum absolute atomic E-state index is 0. The predicted molar refractivity (Wildman–Crippen MR) is 118 cm³/mol. The zero-order valence-corrected chi connectivity index (χ0v) is 18.2. The van der Waals surface area contributed by atoms with Gasteiger partial charge in [-0.15, -0.1) is 35.7 Å². The Bertz CT molecular complexity index is 604. The molecule has 0 aliphatic heterocycles. The summed E-state index contributed by atoms with van der Waals surface area (Å²) in [4.78, 5) is 9.87. The number of hydrogen-bond donors (Lipinski definition) is 2. The first-order valence-corrected chi connectivity index (χ1v) is 9.50. The van der Waals surface area contributed by atoms with E-state index in [9.17, 15) is 0 Å². The van der Waals surface area contributed by atoms with Crippen molar-refractivity contribution >= 4 is 53.3 Å². The number of aryl methyl sites for hydroxylation is 1. The lowest BCUT2D eigenvalue weighted by molar-refractivity contribution is 0.647. The number of hydrogen-bond acceptors (Lipinski definition) is 3. The van der Waals surface area contributed by atoms with Gasteiger partial charge in [-0.25, -0.2) is 4.98 Å². The van der Waals surface area contributed by atoms with Crippen molar-refractivity contribution in [2.24, 2.45) is 4.99 Å². The molecule has 0 radical (unpaired) electrons. The highest BCUT2D eigenvalue weighted by Crippen LogP contribution is 2.19. The average Bonchev–Trinajstić information content (AvgIpc) is 3.10. The van der Waals surface area contributed by atoms with E-state index < -0.39 is 0 Å². The van der Waals surface area contributed by atoms with Gasteiger partial charge in [0.1, 0.15) is 0 Å². The fourth-order valence-electron chi connectivity index (χ4n) is 2.07. The topological polar surface area (TPSA) is 54.2 Å². The number of nitrogens with zero attached hydrogens (tertiary/aromatic N) is 3. The molecule has 2 rings (SSSR count). The summed E-state index contributed by atoms with van der Waals surface area (Å²) < 4.78 is 2.07. The Hall–Kier alpha value is -0.930. The Labute approximate surface area is 176 Å². The van der Waals surface area contributed by atoms with Gasteiger partial charge < -0.3 is 15.2 Å². The molecule has 5 nitrogen and oxygen atoms in total. The Morgan fingerprint density at radius 1 is 1.28 bits per heavy atom. The first-order chi connectivity index (χ1) is 11.8. The molecule has 0 fully saturated rings. The molecule has 0 saturated carbocycles. The van der Waals surface area contributed by atoms with Crippen LogP contribution in [0.1, 0.15) is 13.3 Å². The predicted octanol–water partition coefficient (Wildman–Crippen LogP) is 3.89. The van der Waals surface area contributed by atoms with Crippen molar-refractivity contribution in [2.45, 2.75) is 24.8 Å². The largest absolute Gasteiger partial charge is 0.357 e. The maximum Gasteiger partial charge on any atom is 0.191 e.